The van der Waals surface area contributed by atoms with Gasteiger partial charge in [-0.3, -0.25) is 4.99 Å². The van der Waals surface area contributed by atoms with Crippen LogP contribution in [0.4, 0.5) is 5.69 Å². The van der Waals surface area contributed by atoms with Crippen LogP contribution in [0.15, 0.2) is 29.3 Å². The summed E-state index contributed by atoms with van der Waals surface area (Å²) in [5, 5.41) is 3.32. The van der Waals surface area contributed by atoms with E-state index in [-0.39, 0.29) is 5.75 Å². The molecule has 0 aromatic heterocycles. The zero-order valence-corrected chi connectivity index (χ0v) is 14.3. The van der Waals surface area contributed by atoms with Crippen LogP contribution in [0, 0.1) is 0 Å². The molecule has 1 saturated heterocycles. The number of aliphatic imine (C=N–C) groups is 1. The quantitative estimate of drug-likeness (QED) is 0.659. The Morgan fingerprint density at radius 3 is 2.87 bits per heavy atom. The zero-order valence-electron chi connectivity index (χ0n) is 13.5. The van der Waals surface area contributed by atoms with Crippen molar-refractivity contribution in [2.75, 3.05) is 43.4 Å². The maximum atomic E-state index is 11.8. The number of fused-ring (bicyclic) bond motifs is 1. The number of rotatable bonds is 4. The van der Waals surface area contributed by atoms with Gasteiger partial charge < -0.3 is 10.2 Å². The second-order valence-electron chi connectivity index (χ2n) is 5.83. The molecule has 0 atom stereocenters. The molecule has 0 aliphatic carbocycles. The SMILES string of the molecule is CCNC(=NCCN1CCCS1(=O)=O)N1CCc2ccccc21. The predicted octanol–water partition coefficient (Wildman–Crippen LogP) is 1.05. The Morgan fingerprint density at radius 2 is 2.13 bits per heavy atom. The second kappa shape index (κ2) is 6.88. The van der Waals surface area contributed by atoms with Crippen molar-refractivity contribution in [2.24, 2.45) is 4.99 Å². The average molecular weight is 336 g/mol. The van der Waals surface area contributed by atoms with Crippen molar-refractivity contribution in [3.8, 4) is 0 Å². The highest BCUT2D eigenvalue weighted by molar-refractivity contribution is 7.89. The van der Waals surface area contributed by atoms with Crippen LogP contribution in [0.5, 0.6) is 0 Å². The van der Waals surface area contributed by atoms with Gasteiger partial charge in [0.15, 0.2) is 5.96 Å². The van der Waals surface area contributed by atoms with Gasteiger partial charge in [-0.15, -0.1) is 0 Å². The average Bonchev–Trinajstić information content (AvgIpc) is 3.10. The third-order valence-corrected chi connectivity index (χ3v) is 6.25. The van der Waals surface area contributed by atoms with E-state index in [2.05, 4.69) is 33.4 Å². The van der Waals surface area contributed by atoms with Gasteiger partial charge in [0.2, 0.25) is 10.0 Å². The van der Waals surface area contributed by atoms with Crippen LogP contribution in [0.25, 0.3) is 0 Å². The highest BCUT2D eigenvalue weighted by Gasteiger charge is 2.27. The molecule has 6 nitrogen and oxygen atoms in total. The molecule has 2 heterocycles. The van der Waals surface area contributed by atoms with Crippen molar-refractivity contribution in [3.05, 3.63) is 29.8 Å². The molecule has 0 bridgehead atoms. The van der Waals surface area contributed by atoms with Crippen molar-refractivity contribution in [3.63, 3.8) is 0 Å². The highest BCUT2D eigenvalue weighted by atomic mass is 32.2. The summed E-state index contributed by atoms with van der Waals surface area (Å²) >= 11 is 0. The van der Waals surface area contributed by atoms with Crippen LogP contribution >= 0.6 is 0 Å². The van der Waals surface area contributed by atoms with Crippen LogP contribution in [0.1, 0.15) is 18.9 Å². The number of nitrogens with one attached hydrogen (secondary N) is 1. The molecule has 1 fully saturated rings. The van der Waals surface area contributed by atoms with Crippen LogP contribution in [0.3, 0.4) is 0 Å². The number of nitrogens with zero attached hydrogens (tertiary/aromatic N) is 3. The Kier molecular flexibility index (Phi) is 4.87. The van der Waals surface area contributed by atoms with Gasteiger partial charge in [-0.05, 0) is 31.4 Å². The Labute approximate surface area is 138 Å². The minimum absolute atomic E-state index is 0.274. The first kappa shape index (κ1) is 16.3. The summed E-state index contributed by atoms with van der Waals surface area (Å²) in [5.41, 5.74) is 2.53. The van der Waals surface area contributed by atoms with Gasteiger partial charge >= 0.3 is 0 Å². The topological polar surface area (TPSA) is 65.0 Å². The van der Waals surface area contributed by atoms with Crippen LogP contribution in [-0.2, 0) is 16.4 Å². The number of hydrogen-bond acceptors (Lipinski definition) is 3. The van der Waals surface area contributed by atoms with Crippen LogP contribution in [-0.4, -0.2) is 57.2 Å². The van der Waals surface area contributed by atoms with E-state index in [0.717, 1.165) is 31.9 Å². The van der Waals surface area contributed by atoms with Gasteiger partial charge in [0.05, 0.1) is 12.3 Å². The van der Waals surface area contributed by atoms with Crippen molar-refractivity contribution >= 4 is 21.7 Å². The molecule has 1 aromatic carbocycles. The molecule has 3 rings (SSSR count). The maximum Gasteiger partial charge on any atom is 0.214 e. The number of para-hydroxylation sites is 1. The molecule has 126 valence electrons. The fourth-order valence-electron chi connectivity index (χ4n) is 3.16. The van der Waals surface area contributed by atoms with E-state index in [1.165, 1.54) is 11.3 Å². The molecule has 0 spiro atoms. The van der Waals surface area contributed by atoms with E-state index in [9.17, 15) is 8.42 Å². The molecule has 23 heavy (non-hydrogen) atoms. The van der Waals surface area contributed by atoms with Crippen molar-refractivity contribution in [1.29, 1.82) is 0 Å². The lowest BCUT2D eigenvalue weighted by Gasteiger charge is -2.22. The Balaban J connectivity index is 1.70. The minimum Gasteiger partial charge on any atom is -0.356 e. The molecule has 0 saturated carbocycles. The third-order valence-electron chi connectivity index (χ3n) is 4.29. The number of benzene rings is 1. The zero-order chi connectivity index (χ0) is 16.3. The highest BCUT2D eigenvalue weighted by Crippen LogP contribution is 2.27. The molecule has 1 aromatic rings. The smallest absolute Gasteiger partial charge is 0.214 e. The molecule has 7 heteroatoms. The number of anilines is 1. The van der Waals surface area contributed by atoms with Gasteiger partial charge in [-0.2, -0.15) is 0 Å². The lowest BCUT2D eigenvalue weighted by atomic mass is 10.2. The molecule has 1 N–H and O–H groups in total. The number of sulfonamides is 1. The van der Waals surface area contributed by atoms with E-state index in [1.807, 2.05) is 13.0 Å². The molecule has 2 aliphatic rings. The van der Waals surface area contributed by atoms with Crippen molar-refractivity contribution in [1.82, 2.24) is 9.62 Å². The lowest BCUT2D eigenvalue weighted by Crippen LogP contribution is -2.41. The van der Waals surface area contributed by atoms with Gasteiger partial charge in [0.1, 0.15) is 0 Å². The molecule has 0 radical (unpaired) electrons. The van der Waals surface area contributed by atoms with Gasteiger partial charge in [-0.1, -0.05) is 18.2 Å². The van der Waals surface area contributed by atoms with Gasteiger partial charge in [0, 0.05) is 31.9 Å². The summed E-state index contributed by atoms with van der Waals surface area (Å²) in [6.45, 7) is 5.32. The first-order chi connectivity index (χ1) is 11.1. The monoisotopic (exact) mass is 336 g/mol. The number of guanidine groups is 1. The van der Waals surface area contributed by atoms with E-state index in [4.69, 9.17) is 0 Å². The van der Waals surface area contributed by atoms with Gasteiger partial charge in [0.25, 0.3) is 0 Å². The Hall–Kier alpha value is -1.60. The summed E-state index contributed by atoms with van der Waals surface area (Å²) in [7, 11) is -3.03. The largest absolute Gasteiger partial charge is 0.356 e. The van der Waals surface area contributed by atoms with Gasteiger partial charge in [-0.25, -0.2) is 12.7 Å². The summed E-state index contributed by atoms with van der Waals surface area (Å²) in [4.78, 5) is 6.84. The Morgan fingerprint density at radius 1 is 1.30 bits per heavy atom. The van der Waals surface area contributed by atoms with E-state index in [0.29, 0.717) is 19.6 Å². The van der Waals surface area contributed by atoms with Crippen LogP contribution < -0.4 is 10.2 Å². The standard InChI is InChI=1S/C16H24N4O2S/c1-2-17-16(18-9-12-19-10-5-13-23(19,21)22)20-11-8-14-6-3-4-7-15(14)20/h3-4,6-7H,2,5,8-13H2,1H3,(H,17,18). The Bertz CT molecular complexity index is 687. The summed E-state index contributed by atoms with van der Waals surface area (Å²) in [6, 6.07) is 8.36. The van der Waals surface area contributed by atoms with E-state index >= 15 is 0 Å². The molecule has 0 amide bonds. The second-order valence-corrected chi connectivity index (χ2v) is 7.92. The molecular weight excluding hydrogens is 312 g/mol. The predicted molar refractivity (Wildman–Crippen MR) is 93.4 cm³/mol. The normalized spacial score (nSPS) is 20.7. The third kappa shape index (κ3) is 3.50. The fourth-order valence-corrected chi connectivity index (χ4v) is 4.68. The van der Waals surface area contributed by atoms with E-state index < -0.39 is 10.0 Å². The first-order valence-corrected chi connectivity index (χ1v) is 9.84. The summed E-state index contributed by atoms with van der Waals surface area (Å²) < 4.78 is 25.2. The molecule has 0 unspecified atom stereocenters. The lowest BCUT2D eigenvalue weighted by molar-refractivity contribution is 0.452. The van der Waals surface area contributed by atoms with E-state index in [1.54, 1.807) is 4.31 Å². The maximum absolute atomic E-state index is 11.8. The minimum atomic E-state index is -3.03. The summed E-state index contributed by atoms with van der Waals surface area (Å²) in [5.74, 6) is 1.12. The first-order valence-electron chi connectivity index (χ1n) is 8.23. The summed E-state index contributed by atoms with van der Waals surface area (Å²) in [6.07, 6.45) is 1.74. The van der Waals surface area contributed by atoms with Crippen LogP contribution in [0.2, 0.25) is 0 Å². The molecular formula is C16H24N4O2S. The van der Waals surface area contributed by atoms with Crippen molar-refractivity contribution < 1.29 is 8.42 Å². The number of hydrogen-bond donors (Lipinski definition) is 1. The molecule has 2 aliphatic heterocycles. The fraction of sp³-hybridized carbons (Fsp3) is 0.562. The van der Waals surface area contributed by atoms with Crippen molar-refractivity contribution in [2.45, 2.75) is 19.8 Å².